The SMILES string of the molecule is CCOc1ccccc1Oc1c(C(F)(F)F)oc2cc(OCC=C(C)C)ccc2c1=O. The highest BCUT2D eigenvalue weighted by atomic mass is 19.4. The third-order valence-electron chi connectivity index (χ3n) is 4.18. The van der Waals surface area contributed by atoms with E-state index in [0.717, 1.165) is 5.57 Å². The molecule has 1 aromatic heterocycles. The van der Waals surface area contributed by atoms with E-state index < -0.39 is 23.1 Å². The van der Waals surface area contributed by atoms with Crippen LogP contribution >= 0.6 is 0 Å². The van der Waals surface area contributed by atoms with E-state index in [4.69, 9.17) is 18.6 Å². The lowest BCUT2D eigenvalue weighted by atomic mass is 10.2. The molecule has 0 amide bonds. The van der Waals surface area contributed by atoms with Crippen molar-refractivity contribution in [2.24, 2.45) is 0 Å². The van der Waals surface area contributed by atoms with Crippen LogP contribution in [0.15, 0.2) is 63.3 Å². The number of halogens is 3. The maximum Gasteiger partial charge on any atom is 0.453 e. The zero-order valence-corrected chi connectivity index (χ0v) is 17.2. The van der Waals surface area contributed by atoms with Crippen molar-refractivity contribution >= 4 is 11.0 Å². The van der Waals surface area contributed by atoms with Crippen molar-refractivity contribution in [1.82, 2.24) is 0 Å². The molecule has 0 atom stereocenters. The lowest BCUT2D eigenvalue weighted by Gasteiger charge is -2.15. The van der Waals surface area contributed by atoms with Crippen LogP contribution in [0.5, 0.6) is 23.0 Å². The number of fused-ring (bicyclic) bond motifs is 1. The molecule has 31 heavy (non-hydrogen) atoms. The summed E-state index contributed by atoms with van der Waals surface area (Å²) in [5.74, 6) is -2.02. The molecule has 3 aromatic rings. The van der Waals surface area contributed by atoms with E-state index in [9.17, 15) is 18.0 Å². The highest BCUT2D eigenvalue weighted by Gasteiger charge is 2.40. The van der Waals surface area contributed by atoms with Gasteiger partial charge < -0.3 is 18.6 Å². The Morgan fingerprint density at radius 1 is 1.06 bits per heavy atom. The third kappa shape index (κ3) is 5.20. The number of allylic oxidation sites excluding steroid dienone is 1. The summed E-state index contributed by atoms with van der Waals surface area (Å²) in [6.45, 7) is 6.01. The summed E-state index contributed by atoms with van der Waals surface area (Å²) in [5, 5.41) is -0.0635. The summed E-state index contributed by atoms with van der Waals surface area (Å²) in [5.41, 5.74) is -0.172. The van der Waals surface area contributed by atoms with Gasteiger partial charge in [-0.05, 0) is 51.1 Å². The molecule has 1 heterocycles. The van der Waals surface area contributed by atoms with Crippen LogP contribution in [0.25, 0.3) is 11.0 Å². The molecule has 164 valence electrons. The van der Waals surface area contributed by atoms with E-state index >= 15 is 0 Å². The molecule has 0 aliphatic heterocycles. The van der Waals surface area contributed by atoms with Crippen molar-refractivity contribution in [1.29, 1.82) is 0 Å². The molecule has 0 spiro atoms. The fraction of sp³-hybridized carbons (Fsp3) is 0.261. The highest BCUT2D eigenvalue weighted by Crippen LogP contribution is 2.40. The first-order chi connectivity index (χ1) is 14.7. The van der Waals surface area contributed by atoms with Gasteiger partial charge in [0.25, 0.3) is 5.76 Å². The molecule has 3 rings (SSSR count). The Morgan fingerprint density at radius 2 is 1.77 bits per heavy atom. The average Bonchev–Trinajstić information content (AvgIpc) is 2.70. The number of benzene rings is 2. The Hall–Kier alpha value is -3.42. The van der Waals surface area contributed by atoms with Crippen molar-refractivity contribution in [3.05, 3.63) is 70.1 Å². The van der Waals surface area contributed by atoms with Gasteiger partial charge in [-0.15, -0.1) is 0 Å². The van der Waals surface area contributed by atoms with Gasteiger partial charge in [-0.25, -0.2) is 0 Å². The molecule has 0 fully saturated rings. The molecule has 0 radical (unpaired) electrons. The molecular weight excluding hydrogens is 413 g/mol. The van der Waals surface area contributed by atoms with Gasteiger partial charge >= 0.3 is 6.18 Å². The van der Waals surface area contributed by atoms with E-state index in [0.29, 0.717) is 0 Å². The van der Waals surface area contributed by atoms with Gasteiger partial charge in [0, 0.05) is 6.07 Å². The Morgan fingerprint density at radius 3 is 2.42 bits per heavy atom. The fourth-order valence-corrected chi connectivity index (χ4v) is 2.75. The monoisotopic (exact) mass is 434 g/mol. The van der Waals surface area contributed by atoms with Crippen molar-refractivity contribution in [2.45, 2.75) is 26.9 Å². The van der Waals surface area contributed by atoms with Gasteiger partial charge in [0.05, 0.1) is 12.0 Å². The van der Waals surface area contributed by atoms with E-state index in [1.54, 1.807) is 19.1 Å². The molecule has 0 saturated carbocycles. The first kappa shape index (κ1) is 22.3. The summed E-state index contributed by atoms with van der Waals surface area (Å²) in [6.07, 6.45) is -3.14. The van der Waals surface area contributed by atoms with Gasteiger partial charge in [0.15, 0.2) is 11.5 Å². The van der Waals surface area contributed by atoms with Crippen LogP contribution in [-0.2, 0) is 6.18 Å². The number of para-hydroxylation sites is 2. The second kappa shape index (κ2) is 9.16. The molecule has 2 aromatic carbocycles. The van der Waals surface area contributed by atoms with Crippen LogP contribution in [-0.4, -0.2) is 13.2 Å². The summed E-state index contributed by atoms with van der Waals surface area (Å²) < 4.78 is 62.5. The normalized spacial score (nSPS) is 11.3. The van der Waals surface area contributed by atoms with Gasteiger partial charge in [0.2, 0.25) is 11.2 Å². The molecule has 0 N–H and O–H groups in total. The largest absolute Gasteiger partial charge is 0.490 e. The molecule has 5 nitrogen and oxygen atoms in total. The van der Waals surface area contributed by atoms with Gasteiger partial charge in [0.1, 0.15) is 17.9 Å². The number of hydrogen-bond donors (Lipinski definition) is 0. The van der Waals surface area contributed by atoms with Crippen LogP contribution in [0.2, 0.25) is 0 Å². The lowest BCUT2D eigenvalue weighted by molar-refractivity contribution is -0.154. The molecule has 0 unspecified atom stereocenters. The fourth-order valence-electron chi connectivity index (χ4n) is 2.75. The average molecular weight is 434 g/mol. The zero-order valence-electron chi connectivity index (χ0n) is 17.2. The third-order valence-corrected chi connectivity index (χ3v) is 4.18. The van der Waals surface area contributed by atoms with Crippen LogP contribution in [0.1, 0.15) is 26.5 Å². The first-order valence-corrected chi connectivity index (χ1v) is 9.54. The minimum Gasteiger partial charge on any atom is -0.490 e. The molecule has 0 saturated heterocycles. The smallest absolute Gasteiger partial charge is 0.453 e. The zero-order chi connectivity index (χ0) is 22.6. The number of rotatable bonds is 7. The summed E-state index contributed by atoms with van der Waals surface area (Å²) in [7, 11) is 0. The number of hydrogen-bond acceptors (Lipinski definition) is 5. The Balaban J connectivity index is 2.10. The van der Waals surface area contributed by atoms with E-state index in [1.807, 2.05) is 19.9 Å². The molecule has 0 aliphatic rings. The maximum atomic E-state index is 13.7. The first-order valence-electron chi connectivity index (χ1n) is 9.54. The second-order valence-corrected chi connectivity index (χ2v) is 6.82. The van der Waals surface area contributed by atoms with Crippen molar-refractivity contribution < 1.29 is 31.8 Å². The predicted molar refractivity (Wildman–Crippen MR) is 110 cm³/mol. The van der Waals surface area contributed by atoms with E-state index in [-0.39, 0.29) is 41.4 Å². The summed E-state index contributed by atoms with van der Waals surface area (Å²) >= 11 is 0. The summed E-state index contributed by atoms with van der Waals surface area (Å²) in [4.78, 5) is 12.9. The summed E-state index contributed by atoms with van der Waals surface area (Å²) in [6, 6.07) is 10.2. The van der Waals surface area contributed by atoms with Crippen LogP contribution < -0.4 is 19.6 Å². The topological polar surface area (TPSA) is 57.9 Å². The Bertz CT molecular complexity index is 1160. The number of alkyl halides is 3. The van der Waals surface area contributed by atoms with Crippen LogP contribution in [0.4, 0.5) is 13.2 Å². The highest BCUT2D eigenvalue weighted by molar-refractivity contribution is 5.79. The van der Waals surface area contributed by atoms with Crippen molar-refractivity contribution in [3.8, 4) is 23.0 Å². The molecule has 0 bridgehead atoms. The van der Waals surface area contributed by atoms with E-state index in [2.05, 4.69) is 0 Å². The Kier molecular flexibility index (Phi) is 6.58. The maximum absolute atomic E-state index is 13.7. The number of ether oxygens (including phenoxy) is 3. The molecule has 8 heteroatoms. The van der Waals surface area contributed by atoms with Gasteiger partial charge in [-0.3, -0.25) is 4.79 Å². The van der Waals surface area contributed by atoms with Crippen molar-refractivity contribution in [3.63, 3.8) is 0 Å². The van der Waals surface area contributed by atoms with Crippen LogP contribution in [0, 0.1) is 0 Å². The second-order valence-electron chi connectivity index (χ2n) is 6.82. The minimum atomic E-state index is -4.96. The van der Waals surface area contributed by atoms with Gasteiger partial charge in [-0.2, -0.15) is 13.2 Å². The van der Waals surface area contributed by atoms with Crippen LogP contribution in [0.3, 0.4) is 0 Å². The Labute approximate surface area is 176 Å². The predicted octanol–water partition coefficient (Wildman–Crippen LogP) is 6.35. The van der Waals surface area contributed by atoms with Gasteiger partial charge in [-0.1, -0.05) is 17.7 Å². The van der Waals surface area contributed by atoms with Crippen molar-refractivity contribution in [2.75, 3.05) is 13.2 Å². The lowest BCUT2D eigenvalue weighted by Crippen LogP contribution is -2.15. The minimum absolute atomic E-state index is 0.0248. The molecule has 0 aliphatic carbocycles. The standard InChI is InChI=1S/C23H21F3O5/c1-4-28-17-7-5-6-8-18(17)30-21-20(27)16-10-9-15(29-12-11-14(2)3)13-19(16)31-22(21)23(24,25)26/h5-11,13H,4,12H2,1-3H3. The quantitative estimate of drug-likeness (QED) is 0.406. The molecular formula is C23H21F3O5. The van der Waals surface area contributed by atoms with E-state index in [1.165, 1.54) is 30.3 Å².